The number of nitrogens with zero attached hydrogens (tertiary/aromatic N) is 1. The quantitative estimate of drug-likeness (QED) is 0.330. The predicted molar refractivity (Wildman–Crippen MR) is 102 cm³/mol. The van der Waals surface area contributed by atoms with Gasteiger partial charge in [-0.1, -0.05) is 30.3 Å². The molecule has 0 radical (unpaired) electrons. The number of carbonyl (C=O) groups excluding carboxylic acids is 1. The van der Waals surface area contributed by atoms with Crippen LogP contribution >= 0.6 is 11.8 Å². The number of methoxy groups -OCH3 is 1. The maximum atomic E-state index is 11.6. The van der Waals surface area contributed by atoms with Crippen molar-refractivity contribution in [1.82, 2.24) is 0 Å². The van der Waals surface area contributed by atoms with Crippen LogP contribution in [0, 0.1) is 32.1 Å². The molecule has 3 nitrogen and oxygen atoms in total. The van der Waals surface area contributed by atoms with Gasteiger partial charge in [0, 0.05) is 10.6 Å². The van der Waals surface area contributed by atoms with Crippen LogP contribution in [0.1, 0.15) is 27.8 Å². The summed E-state index contributed by atoms with van der Waals surface area (Å²) in [6.45, 7) is 6.16. The largest absolute Gasteiger partial charge is 0.465 e. The Kier molecular flexibility index (Phi) is 6.44. The van der Waals surface area contributed by atoms with Crippen LogP contribution in [-0.4, -0.2) is 13.1 Å². The Balaban J connectivity index is 2.32. The molecule has 0 heterocycles. The Morgan fingerprint density at radius 1 is 1.16 bits per heavy atom. The van der Waals surface area contributed by atoms with Gasteiger partial charge in [0.2, 0.25) is 0 Å². The van der Waals surface area contributed by atoms with Gasteiger partial charge in [0.25, 0.3) is 0 Å². The standard InChI is InChI=1S/C21H21NO2S/c1-14-7-5-6-8-20(14)25-13-19-11-17(15(2)9-16(19)3)10-18(12-22)21(23)24-4/h5-11H,13H2,1-4H3. The number of thioether (sulfide) groups is 1. The summed E-state index contributed by atoms with van der Waals surface area (Å²) in [6, 6.07) is 14.4. The number of esters is 1. The van der Waals surface area contributed by atoms with Gasteiger partial charge in [0.15, 0.2) is 0 Å². The molecule has 2 aromatic rings. The van der Waals surface area contributed by atoms with Crippen LogP contribution in [0.4, 0.5) is 0 Å². The van der Waals surface area contributed by atoms with Gasteiger partial charge >= 0.3 is 5.97 Å². The summed E-state index contributed by atoms with van der Waals surface area (Å²) in [5, 5.41) is 9.16. The van der Waals surface area contributed by atoms with E-state index in [1.54, 1.807) is 17.8 Å². The summed E-state index contributed by atoms with van der Waals surface area (Å²) in [6.07, 6.45) is 1.60. The van der Waals surface area contributed by atoms with Gasteiger partial charge in [0.05, 0.1) is 7.11 Å². The van der Waals surface area contributed by atoms with Crippen LogP contribution in [0.3, 0.4) is 0 Å². The smallest absolute Gasteiger partial charge is 0.348 e. The zero-order chi connectivity index (χ0) is 18.4. The van der Waals surface area contributed by atoms with E-state index >= 15 is 0 Å². The Morgan fingerprint density at radius 3 is 2.52 bits per heavy atom. The molecule has 0 unspecified atom stereocenters. The van der Waals surface area contributed by atoms with Gasteiger partial charge in [-0.3, -0.25) is 0 Å². The Morgan fingerprint density at radius 2 is 1.88 bits per heavy atom. The van der Waals surface area contributed by atoms with Gasteiger partial charge in [-0.2, -0.15) is 5.26 Å². The summed E-state index contributed by atoms with van der Waals surface area (Å²) in [4.78, 5) is 12.9. The molecule has 0 saturated carbocycles. The lowest BCUT2D eigenvalue weighted by molar-refractivity contribution is -0.135. The molecule has 128 valence electrons. The number of nitriles is 1. The van der Waals surface area contributed by atoms with Crippen LogP contribution in [0.15, 0.2) is 46.9 Å². The van der Waals surface area contributed by atoms with Crippen molar-refractivity contribution in [1.29, 1.82) is 5.26 Å². The Hall–Kier alpha value is -2.51. The van der Waals surface area contributed by atoms with Crippen molar-refractivity contribution in [2.24, 2.45) is 0 Å². The first-order chi connectivity index (χ1) is 12.0. The van der Waals surface area contributed by atoms with E-state index in [4.69, 9.17) is 5.26 Å². The van der Waals surface area contributed by atoms with E-state index in [0.29, 0.717) is 0 Å². The fourth-order valence-corrected chi connectivity index (χ4v) is 3.60. The molecule has 2 rings (SSSR count). The first-order valence-corrected chi connectivity index (χ1v) is 8.93. The molecule has 4 heteroatoms. The molecule has 0 aliphatic heterocycles. The molecule has 0 aliphatic carbocycles. The maximum Gasteiger partial charge on any atom is 0.348 e. The van der Waals surface area contributed by atoms with Crippen molar-refractivity contribution < 1.29 is 9.53 Å². The number of carbonyl (C=O) groups is 1. The number of benzene rings is 2. The van der Waals surface area contributed by atoms with Crippen LogP contribution in [0.25, 0.3) is 6.08 Å². The van der Waals surface area contributed by atoms with E-state index in [2.05, 4.69) is 42.8 Å². The first-order valence-electron chi connectivity index (χ1n) is 7.95. The molecule has 0 aliphatic rings. The van der Waals surface area contributed by atoms with Crippen LogP contribution < -0.4 is 0 Å². The second kappa shape index (κ2) is 8.55. The van der Waals surface area contributed by atoms with Gasteiger partial charge in [0.1, 0.15) is 11.6 Å². The van der Waals surface area contributed by atoms with Crippen molar-refractivity contribution in [3.05, 3.63) is 69.8 Å². The van der Waals surface area contributed by atoms with Crippen molar-refractivity contribution in [3.8, 4) is 6.07 Å². The number of ether oxygens (including phenoxy) is 1. The normalized spacial score (nSPS) is 11.1. The fourth-order valence-electron chi connectivity index (χ4n) is 2.50. The van der Waals surface area contributed by atoms with E-state index in [-0.39, 0.29) is 5.57 Å². The second-order valence-corrected chi connectivity index (χ2v) is 6.87. The summed E-state index contributed by atoms with van der Waals surface area (Å²) >= 11 is 1.79. The average Bonchev–Trinajstić information content (AvgIpc) is 2.60. The minimum absolute atomic E-state index is 0.00644. The van der Waals surface area contributed by atoms with E-state index in [1.807, 2.05) is 25.1 Å². The molecular formula is C21H21NO2S. The molecule has 0 aromatic heterocycles. The molecule has 0 spiro atoms. The molecule has 2 aromatic carbocycles. The molecule has 0 N–H and O–H groups in total. The van der Waals surface area contributed by atoms with Crippen molar-refractivity contribution in [2.75, 3.05) is 7.11 Å². The van der Waals surface area contributed by atoms with Crippen LogP contribution in [0.2, 0.25) is 0 Å². The van der Waals surface area contributed by atoms with Crippen molar-refractivity contribution in [2.45, 2.75) is 31.4 Å². The molecule has 0 atom stereocenters. The van der Waals surface area contributed by atoms with E-state index < -0.39 is 5.97 Å². The lowest BCUT2D eigenvalue weighted by atomic mass is 9.99. The van der Waals surface area contributed by atoms with Gasteiger partial charge in [-0.15, -0.1) is 11.8 Å². The van der Waals surface area contributed by atoms with Crippen molar-refractivity contribution in [3.63, 3.8) is 0 Å². The fraction of sp³-hybridized carbons (Fsp3) is 0.238. The minimum Gasteiger partial charge on any atom is -0.465 e. The third-order valence-corrected chi connectivity index (χ3v) is 5.25. The molecule has 0 amide bonds. The zero-order valence-corrected chi connectivity index (χ0v) is 15.7. The maximum absolute atomic E-state index is 11.6. The highest BCUT2D eigenvalue weighted by atomic mass is 32.2. The molecule has 25 heavy (non-hydrogen) atoms. The average molecular weight is 351 g/mol. The molecule has 0 fully saturated rings. The summed E-state index contributed by atoms with van der Waals surface area (Å²) in [5.41, 5.74) is 5.55. The third-order valence-electron chi connectivity index (χ3n) is 4.03. The Labute approximate surface area is 153 Å². The van der Waals surface area contributed by atoms with Gasteiger partial charge < -0.3 is 4.74 Å². The Bertz CT molecular complexity index is 863. The number of hydrogen-bond donors (Lipinski definition) is 0. The highest BCUT2D eigenvalue weighted by molar-refractivity contribution is 7.98. The second-order valence-electron chi connectivity index (χ2n) is 5.85. The molecule has 0 saturated heterocycles. The summed E-state index contributed by atoms with van der Waals surface area (Å²) in [5.74, 6) is 0.219. The van der Waals surface area contributed by atoms with E-state index in [0.717, 1.165) is 16.9 Å². The van der Waals surface area contributed by atoms with Crippen LogP contribution in [-0.2, 0) is 15.3 Å². The zero-order valence-electron chi connectivity index (χ0n) is 14.9. The summed E-state index contributed by atoms with van der Waals surface area (Å²) in [7, 11) is 1.28. The number of rotatable bonds is 5. The highest BCUT2D eigenvalue weighted by Gasteiger charge is 2.11. The van der Waals surface area contributed by atoms with E-state index in [1.165, 1.54) is 28.7 Å². The minimum atomic E-state index is -0.613. The first kappa shape index (κ1) is 18.8. The number of hydrogen-bond acceptors (Lipinski definition) is 4. The third kappa shape index (κ3) is 4.74. The van der Waals surface area contributed by atoms with Gasteiger partial charge in [-0.25, -0.2) is 4.79 Å². The topological polar surface area (TPSA) is 50.1 Å². The number of aryl methyl sites for hydroxylation is 3. The highest BCUT2D eigenvalue weighted by Crippen LogP contribution is 2.28. The molecule has 0 bridgehead atoms. The SMILES string of the molecule is COC(=O)C(C#N)=Cc1cc(CSc2ccccc2C)c(C)cc1C. The lowest BCUT2D eigenvalue weighted by Crippen LogP contribution is -2.03. The van der Waals surface area contributed by atoms with Crippen LogP contribution in [0.5, 0.6) is 0 Å². The van der Waals surface area contributed by atoms with Crippen molar-refractivity contribution >= 4 is 23.8 Å². The summed E-state index contributed by atoms with van der Waals surface area (Å²) < 4.78 is 4.65. The lowest BCUT2D eigenvalue weighted by Gasteiger charge is -2.11. The predicted octanol–water partition coefficient (Wildman–Crippen LogP) is 4.98. The van der Waals surface area contributed by atoms with E-state index in [9.17, 15) is 4.79 Å². The van der Waals surface area contributed by atoms with Gasteiger partial charge in [-0.05, 0) is 60.7 Å². The molecular weight excluding hydrogens is 330 g/mol. The monoisotopic (exact) mass is 351 g/mol.